The van der Waals surface area contributed by atoms with E-state index in [1.807, 2.05) is 0 Å². The van der Waals surface area contributed by atoms with Crippen molar-refractivity contribution in [3.05, 3.63) is 75.9 Å². The molecule has 0 saturated heterocycles. The number of methoxy groups -OCH3 is 2. The summed E-state index contributed by atoms with van der Waals surface area (Å²) in [6, 6.07) is 14.0. The van der Waals surface area contributed by atoms with Crippen LogP contribution < -0.4 is 31.5 Å². The molecule has 2 aromatic carbocycles. The first-order valence-corrected chi connectivity index (χ1v) is 11.9. The Morgan fingerprint density at radius 3 is 2.14 bits per heavy atom. The van der Waals surface area contributed by atoms with Gasteiger partial charge in [0.25, 0.3) is 5.91 Å². The highest BCUT2D eigenvalue weighted by Crippen LogP contribution is 2.39. The number of rotatable bonds is 7. The smallest absolute Gasteiger partial charge is 0.357 e. The average Bonchev–Trinajstić information content (AvgIpc) is 3.17. The first-order chi connectivity index (χ1) is 17.3. The van der Waals surface area contributed by atoms with Gasteiger partial charge in [0, 0.05) is 5.22 Å². The zero-order chi connectivity index (χ0) is 26.0. The van der Waals surface area contributed by atoms with E-state index in [-0.39, 0.29) is 28.2 Å². The molecule has 1 atom stereocenters. The number of carbonyl (C=O) groups is 3. The predicted octanol–water partition coefficient (Wildman–Crippen LogP) is 1.81. The minimum absolute atomic E-state index is 0.0161. The van der Waals surface area contributed by atoms with Crippen LogP contribution in [0.15, 0.2) is 48.5 Å². The Hall–Kier alpha value is -4.18. The van der Waals surface area contributed by atoms with Crippen LogP contribution in [0, 0.1) is 0 Å². The number of nitrogens with zero attached hydrogens (tertiary/aromatic N) is 1. The quantitative estimate of drug-likeness (QED) is 0.462. The summed E-state index contributed by atoms with van der Waals surface area (Å²) in [5.74, 6) is -0.702. The van der Waals surface area contributed by atoms with Crippen molar-refractivity contribution in [3.8, 4) is 11.5 Å². The van der Waals surface area contributed by atoms with Crippen molar-refractivity contribution in [1.82, 2.24) is 4.57 Å². The Bertz CT molecular complexity index is 1460. The maximum absolute atomic E-state index is 13.8. The lowest BCUT2D eigenvalue weighted by Gasteiger charge is -2.23. The molecular weight excluding hydrogens is 482 g/mol. The molecular formula is C26H25N3O6S. The molecule has 0 aliphatic carbocycles. The third kappa shape index (κ3) is 4.42. The second-order valence-corrected chi connectivity index (χ2v) is 8.92. The lowest BCUT2D eigenvalue weighted by atomic mass is 10.1. The van der Waals surface area contributed by atoms with Gasteiger partial charge >= 0.3 is 5.97 Å². The number of benzene rings is 2. The standard InChI is InChI=1S/C26H25N3O6S/c1-4-35-26(32)21-19(27)18(13-14-5-9-16(33-2)10-6-14)20-23(24(28)30)36-22(25(31)29(20)21)15-7-11-17(34-3)12-8-15/h5-13,22H,4,27H2,1-3H3,(H2,28,30)/b18-13+/t22-/m1/s1. The van der Waals surface area contributed by atoms with Crippen LogP contribution in [0.1, 0.15) is 38.6 Å². The highest BCUT2D eigenvalue weighted by molar-refractivity contribution is 8.10. The third-order valence-electron chi connectivity index (χ3n) is 5.68. The minimum atomic E-state index is -0.847. The van der Waals surface area contributed by atoms with Crippen molar-refractivity contribution in [2.24, 2.45) is 5.73 Å². The van der Waals surface area contributed by atoms with Crippen LogP contribution in [0.4, 0.5) is 5.69 Å². The molecule has 186 valence electrons. The molecule has 2 heterocycles. The summed E-state index contributed by atoms with van der Waals surface area (Å²) in [4.78, 5) is 39.5. The number of esters is 1. The lowest BCUT2D eigenvalue weighted by molar-refractivity contribution is -0.112. The summed E-state index contributed by atoms with van der Waals surface area (Å²) in [5, 5.41) is -0.357. The number of primary amides is 1. The van der Waals surface area contributed by atoms with Gasteiger partial charge in [0.05, 0.1) is 36.8 Å². The molecule has 4 N–H and O–H groups in total. The summed E-state index contributed by atoms with van der Waals surface area (Å²) < 4.78 is 16.8. The van der Waals surface area contributed by atoms with E-state index in [1.54, 1.807) is 68.6 Å². The topological polar surface area (TPSA) is 136 Å². The molecule has 3 aromatic rings. The number of carbonyl (C=O) groups excluding carboxylic acids is 3. The van der Waals surface area contributed by atoms with Gasteiger partial charge < -0.3 is 25.7 Å². The summed E-state index contributed by atoms with van der Waals surface area (Å²) in [7, 11) is 3.10. The van der Waals surface area contributed by atoms with E-state index in [0.29, 0.717) is 27.8 Å². The molecule has 0 saturated carbocycles. The van der Waals surface area contributed by atoms with Crippen molar-refractivity contribution in [3.63, 3.8) is 0 Å². The van der Waals surface area contributed by atoms with Crippen LogP contribution >= 0.6 is 11.8 Å². The maximum Gasteiger partial charge on any atom is 0.357 e. The van der Waals surface area contributed by atoms with Gasteiger partial charge in [0.2, 0.25) is 5.91 Å². The van der Waals surface area contributed by atoms with Gasteiger partial charge in [-0.3, -0.25) is 14.2 Å². The van der Waals surface area contributed by atoms with E-state index in [4.69, 9.17) is 25.7 Å². The monoisotopic (exact) mass is 507 g/mol. The minimum Gasteiger partial charge on any atom is -0.497 e. The number of ether oxygens (including phenoxy) is 3. The normalized spacial score (nSPS) is 15.4. The fourth-order valence-corrected chi connectivity index (χ4v) is 5.14. The number of thioether (sulfide) groups is 1. The molecule has 10 heteroatoms. The Kier molecular flexibility index (Phi) is 7.07. The molecule has 1 amide bonds. The van der Waals surface area contributed by atoms with Crippen LogP contribution in [0.25, 0.3) is 11.0 Å². The van der Waals surface area contributed by atoms with Crippen LogP contribution in [0.5, 0.6) is 11.5 Å². The van der Waals surface area contributed by atoms with E-state index in [9.17, 15) is 14.4 Å². The Balaban J connectivity index is 2.02. The molecule has 1 aliphatic rings. The number of amides is 1. The van der Waals surface area contributed by atoms with Gasteiger partial charge in [0.1, 0.15) is 16.7 Å². The molecule has 0 bridgehead atoms. The first kappa shape index (κ1) is 24.9. The molecule has 0 fully saturated rings. The fraction of sp³-hybridized carbons (Fsp3) is 0.192. The van der Waals surface area contributed by atoms with E-state index in [0.717, 1.165) is 16.3 Å². The van der Waals surface area contributed by atoms with Gasteiger partial charge in [-0.05, 0) is 48.4 Å². The molecule has 0 radical (unpaired) electrons. The molecule has 1 aliphatic heterocycles. The number of hydrogen-bond acceptors (Lipinski definition) is 8. The largest absolute Gasteiger partial charge is 0.497 e. The third-order valence-corrected chi connectivity index (χ3v) is 7.02. The van der Waals surface area contributed by atoms with Crippen molar-refractivity contribution in [1.29, 1.82) is 0 Å². The predicted molar refractivity (Wildman–Crippen MR) is 137 cm³/mol. The number of anilines is 1. The Morgan fingerprint density at radius 2 is 1.61 bits per heavy atom. The summed E-state index contributed by atoms with van der Waals surface area (Å²) in [6.45, 7) is 1.73. The second-order valence-electron chi connectivity index (χ2n) is 7.80. The zero-order valence-electron chi connectivity index (χ0n) is 19.9. The summed E-state index contributed by atoms with van der Waals surface area (Å²) in [6.07, 6.45) is 1.69. The van der Waals surface area contributed by atoms with Crippen LogP contribution in [-0.2, 0) is 9.53 Å². The molecule has 36 heavy (non-hydrogen) atoms. The van der Waals surface area contributed by atoms with Crippen molar-refractivity contribution in [2.45, 2.75) is 12.2 Å². The van der Waals surface area contributed by atoms with Crippen LogP contribution in [0.3, 0.4) is 0 Å². The number of nitrogen functional groups attached to an aromatic ring is 1. The molecule has 1 aromatic heterocycles. The van der Waals surface area contributed by atoms with E-state index in [2.05, 4.69) is 0 Å². The van der Waals surface area contributed by atoms with Gasteiger partial charge in [-0.1, -0.05) is 36.0 Å². The number of aromatic nitrogens is 1. The fourth-order valence-electron chi connectivity index (χ4n) is 3.97. The lowest BCUT2D eigenvalue weighted by Crippen LogP contribution is -2.43. The van der Waals surface area contributed by atoms with Gasteiger partial charge in [-0.2, -0.15) is 0 Å². The van der Waals surface area contributed by atoms with Crippen molar-refractivity contribution in [2.75, 3.05) is 26.6 Å². The van der Waals surface area contributed by atoms with Crippen molar-refractivity contribution < 1.29 is 28.6 Å². The van der Waals surface area contributed by atoms with Gasteiger partial charge in [-0.15, -0.1) is 0 Å². The molecule has 4 rings (SSSR count). The SMILES string of the molecule is CCOC(=O)c1c(N)/c(=C\c2ccc(OC)cc2)c2n1C(=O)[C@@H](c1ccc(OC)cc1)SC=2C(N)=O. The van der Waals surface area contributed by atoms with Crippen molar-refractivity contribution >= 4 is 46.2 Å². The van der Waals surface area contributed by atoms with Gasteiger partial charge in [0.15, 0.2) is 5.69 Å². The average molecular weight is 508 g/mol. The second kappa shape index (κ2) is 10.2. The number of hydrogen-bond donors (Lipinski definition) is 2. The molecule has 9 nitrogen and oxygen atoms in total. The van der Waals surface area contributed by atoms with Crippen LogP contribution in [0.2, 0.25) is 0 Å². The highest BCUT2D eigenvalue weighted by atomic mass is 32.2. The van der Waals surface area contributed by atoms with E-state index < -0.39 is 23.0 Å². The van der Waals surface area contributed by atoms with E-state index >= 15 is 0 Å². The van der Waals surface area contributed by atoms with Gasteiger partial charge in [-0.25, -0.2) is 4.79 Å². The summed E-state index contributed by atoms with van der Waals surface area (Å²) >= 11 is 1.02. The van der Waals surface area contributed by atoms with Crippen LogP contribution in [-0.4, -0.2) is 43.2 Å². The number of fused-ring (bicyclic) bond motifs is 1. The maximum atomic E-state index is 13.8. The zero-order valence-corrected chi connectivity index (χ0v) is 20.8. The first-order valence-electron chi connectivity index (χ1n) is 11.0. The molecule has 0 spiro atoms. The Labute approximate surface area is 211 Å². The highest BCUT2D eigenvalue weighted by Gasteiger charge is 2.37. The number of nitrogens with two attached hydrogens (primary N) is 2. The van der Waals surface area contributed by atoms with E-state index in [1.165, 1.54) is 7.11 Å². The Morgan fingerprint density at radius 1 is 1.03 bits per heavy atom. The summed E-state index contributed by atoms with van der Waals surface area (Å²) in [5.41, 5.74) is 13.4. The molecule has 0 unspecified atom stereocenters.